The number of hydrogen-bond donors (Lipinski definition) is 0. The first-order chi connectivity index (χ1) is 10.6. The van der Waals surface area contributed by atoms with Gasteiger partial charge in [-0.2, -0.15) is 0 Å². The Kier molecular flexibility index (Phi) is 4.21. The minimum absolute atomic E-state index is 0.197. The maximum atomic E-state index is 12.8. The van der Waals surface area contributed by atoms with Gasteiger partial charge in [-0.3, -0.25) is 9.36 Å². The zero-order valence-corrected chi connectivity index (χ0v) is 13.4. The molecule has 2 aromatic carbocycles. The lowest BCUT2D eigenvalue weighted by atomic mass is 10.2. The molecule has 110 valence electrons. The molecule has 0 aliphatic heterocycles. The van der Waals surface area contributed by atoms with Crippen LogP contribution in [0.4, 0.5) is 0 Å². The van der Waals surface area contributed by atoms with Gasteiger partial charge in [-0.15, -0.1) is 0 Å². The summed E-state index contributed by atoms with van der Waals surface area (Å²) in [6.07, 6.45) is 3.13. The first-order valence-electron chi connectivity index (χ1n) is 6.36. The lowest BCUT2D eigenvalue weighted by molar-refractivity contribution is 0.0962. The van der Waals surface area contributed by atoms with E-state index in [9.17, 15) is 4.79 Å². The van der Waals surface area contributed by atoms with E-state index < -0.39 is 0 Å². The highest BCUT2D eigenvalue weighted by Gasteiger charge is 2.20. The van der Waals surface area contributed by atoms with Gasteiger partial charge >= 0.3 is 0 Å². The van der Waals surface area contributed by atoms with E-state index in [4.69, 9.17) is 34.8 Å². The van der Waals surface area contributed by atoms with Gasteiger partial charge in [0.05, 0.1) is 15.6 Å². The van der Waals surface area contributed by atoms with Crippen LogP contribution in [0, 0.1) is 0 Å². The van der Waals surface area contributed by atoms with Crippen LogP contribution in [0.5, 0.6) is 0 Å². The number of halogens is 3. The number of nitrogens with zero attached hydrogens (tertiary/aromatic N) is 2. The summed E-state index contributed by atoms with van der Waals surface area (Å²) in [6, 6.07) is 12.4. The average molecular weight is 352 g/mol. The van der Waals surface area contributed by atoms with Crippen molar-refractivity contribution in [1.82, 2.24) is 9.55 Å². The Labute approximate surface area is 142 Å². The molecule has 6 heteroatoms. The predicted octanol–water partition coefficient (Wildman–Crippen LogP) is 5.20. The highest BCUT2D eigenvalue weighted by atomic mass is 35.5. The summed E-state index contributed by atoms with van der Waals surface area (Å²) in [7, 11) is 0. The zero-order chi connectivity index (χ0) is 15.7. The molecule has 0 unspecified atom stereocenters. The molecule has 3 nitrogen and oxygen atoms in total. The Bertz CT molecular complexity index is 821. The summed E-state index contributed by atoms with van der Waals surface area (Å²) in [5, 5.41) is 0.783. The Hall–Kier alpha value is -1.81. The van der Waals surface area contributed by atoms with Crippen molar-refractivity contribution in [1.29, 1.82) is 0 Å². The van der Waals surface area contributed by atoms with Crippen LogP contribution in [0.2, 0.25) is 15.1 Å². The highest BCUT2D eigenvalue weighted by Crippen LogP contribution is 2.30. The summed E-state index contributed by atoms with van der Waals surface area (Å²) in [4.78, 5) is 17.0. The molecule has 0 spiro atoms. The lowest BCUT2D eigenvalue weighted by Crippen LogP contribution is -2.13. The molecule has 3 aromatic rings. The van der Waals surface area contributed by atoms with Gasteiger partial charge in [0.25, 0.3) is 5.91 Å². The molecule has 0 aliphatic rings. The van der Waals surface area contributed by atoms with Crippen molar-refractivity contribution in [2.24, 2.45) is 0 Å². The molecule has 0 aliphatic carbocycles. The maximum absolute atomic E-state index is 12.8. The number of rotatable bonds is 2. The molecule has 0 radical (unpaired) electrons. The minimum Gasteiger partial charge on any atom is -0.268 e. The first-order valence-corrected chi connectivity index (χ1v) is 7.49. The summed E-state index contributed by atoms with van der Waals surface area (Å²) in [5.74, 6) is 0.163. The summed E-state index contributed by atoms with van der Waals surface area (Å²) >= 11 is 18.1. The van der Waals surface area contributed by atoms with Crippen LogP contribution < -0.4 is 0 Å². The maximum Gasteiger partial charge on any atom is 0.266 e. The Morgan fingerprint density at radius 2 is 1.64 bits per heavy atom. The molecule has 0 saturated heterocycles. The van der Waals surface area contributed by atoms with E-state index in [0.717, 1.165) is 5.56 Å². The molecule has 1 heterocycles. The normalized spacial score (nSPS) is 10.7. The van der Waals surface area contributed by atoms with Crippen molar-refractivity contribution in [2.75, 3.05) is 0 Å². The van der Waals surface area contributed by atoms with E-state index in [1.54, 1.807) is 12.4 Å². The van der Waals surface area contributed by atoms with E-state index in [-0.39, 0.29) is 21.5 Å². The largest absolute Gasteiger partial charge is 0.268 e. The summed E-state index contributed by atoms with van der Waals surface area (Å²) in [6.45, 7) is 0. The van der Waals surface area contributed by atoms with Crippen LogP contribution in [0.3, 0.4) is 0 Å². The predicted molar refractivity (Wildman–Crippen MR) is 88.9 cm³/mol. The van der Waals surface area contributed by atoms with Crippen molar-refractivity contribution in [3.63, 3.8) is 0 Å². The number of imidazole rings is 1. The molecule has 3 rings (SSSR count). The minimum atomic E-state index is -0.358. The Morgan fingerprint density at radius 3 is 2.27 bits per heavy atom. The van der Waals surface area contributed by atoms with E-state index in [0.29, 0.717) is 10.8 Å². The number of hydrogen-bond acceptors (Lipinski definition) is 2. The number of carbonyl (C=O) groups is 1. The van der Waals surface area contributed by atoms with E-state index in [1.807, 2.05) is 30.3 Å². The van der Waals surface area contributed by atoms with Crippen molar-refractivity contribution >= 4 is 40.7 Å². The second kappa shape index (κ2) is 6.13. The van der Waals surface area contributed by atoms with Crippen LogP contribution >= 0.6 is 34.8 Å². The van der Waals surface area contributed by atoms with Crippen LogP contribution in [0.15, 0.2) is 54.9 Å². The van der Waals surface area contributed by atoms with Gasteiger partial charge < -0.3 is 0 Å². The fourth-order valence-electron chi connectivity index (χ4n) is 2.14. The van der Waals surface area contributed by atoms with Crippen molar-refractivity contribution < 1.29 is 4.79 Å². The number of aromatic nitrogens is 2. The average Bonchev–Trinajstić information content (AvgIpc) is 2.96. The zero-order valence-electron chi connectivity index (χ0n) is 11.1. The van der Waals surface area contributed by atoms with E-state index in [2.05, 4.69) is 4.98 Å². The van der Waals surface area contributed by atoms with Gasteiger partial charge in [-0.1, -0.05) is 65.1 Å². The van der Waals surface area contributed by atoms with E-state index in [1.165, 1.54) is 16.7 Å². The van der Waals surface area contributed by atoms with Gasteiger partial charge in [-0.25, -0.2) is 4.98 Å². The van der Waals surface area contributed by atoms with Gasteiger partial charge in [-0.05, 0) is 12.1 Å². The SMILES string of the molecule is O=C(c1c(Cl)cc(Cl)cc1Cl)n1ccnc1-c1ccccc1. The van der Waals surface area contributed by atoms with Crippen LogP contribution in [-0.4, -0.2) is 15.5 Å². The fraction of sp³-hybridized carbons (Fsp3) is 0. The molecule has 0 fully saturated rings. The quantitative estimate of drug-likeness (QED) is 0.636. The Morgan fingerprint density at radius 1 is 1.00 bits per heavy atom. The molecule has 22 heavy (non-hydrogen) atoms. The monoisotopic (exact) mass is 350 g/mol. The van der Waals surface area contributed by atoms with Gasteiger partial charge in [0.2, 0.25) is 0 Å². The highest BCUT2D eigenvalue weighted by molar-refractivity contribution is 6.42. The number of benzene rings is 2. The third-order valence-electron chi connectivity index (χ3n) is 3.11. The van der Waals surface area contributed by atoms with Crippen LogP contribution in [-0.2, 0) is 0 Å². The van der Waals surface area contributed by atoms with E-state index >= 15 is 0 Å². The third-order valence-corrected chi connectivity index (χ3v) is 3.93. The molecule has 0 amide bonds. The molecule has 0 atom stereocenters. The lowest BCUT2D eigenvalue weighted by Gasteiger charge is -2.10. The molecular weight excluding hydrogens is 343 g/mol. The smallest absolute Gasteiger partial charge is 0.266 e. The molecule has 0 bridgehead atoms. The Balaban J connectivity index is 2.11. The summed E-state index contributed by atoms with van der Waals surface area (Å²) in [5.41, 5.74) is 1.02. The van der Waals surface area contributed by atoms with Gasteiger partial charge in [0.1, 0.15) is 5.82 Å². The van der Waals surface area contributed by atoms with Crippen molar-refractivity contribution in [2.45, 2.75) is 0 Å². The standard InChI is InChI=1S/C16H9Cl3N2O/c17-11-8-12(18)14(13(19)9-11)16(22)21-7-6-20-15(21)10-4-2-1-3-5-10/h1-9H. The van der Waals surface area contributed by atoms with Crippen molar-refractivity contribution in [3.05, 3.63) is 75.5 Å². The van der Waals surface area contributed by atoms with Crippen LogP contribution in [0.1, 0.15) is 10.4 Å². The second-order valence-electron chi connectivity index (χ2n) is 4.54. The summed E-state index contributed by atoms with van der Waals surface area (Å²) < 4.78 is 1.41. The van der Waals surface area contributed by atoms with Gasteiger partial charge in [0.15, 0.2) is 0 Å². The van der Waals surface area contributed by atoms with Crippen molar-refractivity contribution in [3.8, 4) is 11.4 Å². The number of carbonyl (C=O) groups excluding carboxylic acids is 1. The first kappa shape index (κ1) is 15.1. The van der Waals surface area contributed by atoms with Crippen LogP contribution in [0.25, 0.3) is 11.4 Å². The molecule has 0 saturated carbocycles. The molecular formula is C16H9Cl3N2O. The third kappa shape index (κ3) is 2.75. The fourth-order valence-corrected chi connectivity index (χ4v) is 3.11. The molecule has 1 aromatic heterocycles. The second-order valence-corrected chi connectivity index (χ2v) is 5.79. The molecule has 0 N–H and O–H groups in total. The van der Waals surface area contributed by atoms with Gasteiger partial charge in [0, 0.05) is 23.0 Å². The topological polar surface area (TPSA) is 34.9 Å².